The number of hydrogen-bond donors (Lipinski definition) is 0. The molecule has 0 spiro atoms. The van der Waals surface area contributed by atoms with Crippen LogP contribution in [0.3, 0.4) is 0 Å². The summed E-state index contributed by atoms with van der Waals surface area (Å²) in [7, 11) is 4.11. The molecule has 3 aliphatic rings. The van der Waals surface area contributed by atoms with Gasteiger partial charge in [-0.3, -0.25) is 9.69 Å². The lowest BCUT2D eigenvalue weighted by Crippen LogP contribution is -2.45. The van der Waals surface area contributed by atoms with E-state index in [1.165, 1.54) is 12.8 Å². The number of benzene rings is 1. The lowest BCUT2D eigenvalue weighted by Gasteiger charge is -2.35. The Hall–Kier alpha value is -1.59. The number of nitrogens with zero attached hydrogens (tertiary/aromatic N) is 3. The van der Waals surface area contributed by atoms with Crippen LogP contribution in [0, 0.1) is 0 Å². The van der Waals surface area contributed by atoms with Crippen molar-refractivity contribution in [2.45, 2.75) is 31.0 Å². The molecule has 2 unspecified atom stereocenters. The molecule has 2 atom stereocenters. The molecule has 124 valence electrons. The average Bonchev–Trinajstić information content (AvgIpc) is 2.95. The molecule has 0 saturated carbocycles. The fourth-order valence-corrected chi connectivity index (χ4v) is 4.18. The van der Waals surface area contributed by atoms with E-state index in [1.54, 1.807) is 0 Å². The molecule has 1 aromatic rings. The third-order valence-corrected chi connectivity index (χ3v) is 5.68. The van der Waals surface area contributed by atoms with Gasteiger partial charge in [0.25, 0.3) is 5.91 Å². The first kappa shape index (κ1) is 15.0. The van der Waals surface area contributed by atoms with E-state index in [0.717, 1.165) is 31.9 Å². The van der Waals surface area contributed by atoms with Gasteiger partial charge in [-0.1, -0.05) is 12.1 Å². The van der Waals surface area contributed by atoms with Crippen molar-refractivity contribution in [1.82, 2.24) is 14.7 Å². The van der Waals surface area contributed by atoms with Gasteiger partial charge >= 0.3 is 0 Å². The molecule has 3 heterocycles. The Morgan fingerprint density at radius 2 is 1.83 bits per heavy atom. The van der Waals surface area contributed by atoms with Crippen molar-refractivity contribution in [3.05, 3.63) is 29.8 Å². The second kappa shape index (κ2) is 5.80. The fraction of sp³-hybridized carbons (Fsp3) is 0.611. The monoisotopic (exact) mass is 315 g/mol. The molecule has 0 radical (unpaired) electrons. The summed E-state index contributed by atoms with van der Waals surface area (Å²) in [5.74, 6) is 0.820. The van der Waals surface area contributed by atoms with Gasteiger partial charge in [0, 0.05) is 26.2 Å². The molecule has 2 fully saturated rings. The van der Waals surface area contributed by atoms with E-state index in [2.05, 4.69) is 16.8 Å². The van der Waals surface area contributed by atoms with Gasteiger partial charge in [0.05, 0.1) is 11.6 Å². The Morgan fingerprint density at radius 1 is 1.09 bits per heavy atom. The van der Waals surface area contributed by atoms with Crippen molar-refractivity contribution in [3.63, 3.8) is 0 Å². The van der Waals surface area contributed by atoms with Crippen LogP contribution >= 0.6 is 0 Å². The van der Waals surface area contributed by atoms with Crippen LogP contribution in [0.5, 0.6) is 5.75 Å². The van der Waals surface area contributed by atoms with Gasteiger partial charge in [-0.2, -0.15) is 0 Å². The van der Waals surface area contributed by atoms with Crippen LogP contribution in [0.15, 0.2) is 24.3 Å². The standard InChI is InChI=1S/C18H25N3O2/c1-19-9-7-13(8-10-19)21-11-15-17(12-21)23-16-6-4-3-5-14(16)18(22)20(15)2/h3-6,13,15,17H,7-12H2,1-2H3. The Kier molecular flexibility index (Phi) is 3.77. The minimum absolute atomic E-state index is 0.0762. The Bertz CT molecular complexity index is 598. The first-order valence-electron chi connectivity index (χ1n) is 8.59. The highest BCUT2D eigenvalue weighted by Gasteiger charge is 2.44. The van der Waals surface area contributed by atoms with Crippen LogP contribution in [0.2, 0.25) is 0 Å². The quantitative estimate of drug-likeness (QED) is 0.783. The van der Waals surface area contributed by atoms with Crippen molar-refractivity contribution in [3.8, 4) is 5.75 Å². The third-order valence-electron chi connectivity index (χ3n) is 5.68. The molecule has 0 N–H and O–H groups in total. The maximum atomic E-state index is 12.7. The Balaban J connectivity index is 1.54. The summed E-state index contributed by atoms with van der Waals surface area (Å²) in [6, 6.07) is 8.40. The molecule has 5 nitrogen and oxygen atoms in total. The summed E-state index contributed by atoms with van der Waals surface area (Å²) >= 11 is 0. The van der Waals surface area contributed by atoms with Crippen molar-refractivity contribution >= 4 is 5.91 Å². The van der Waals surface area contributed by atoms with E-state index in [1.807, 2.05) is 36.2 Å². The summed E-state index contributed by atoms with van der Waals surface area (Å²) in [5.41, 5.74) is 0.690. The zero-order valence-electron chi connectivity index (χ0n) is 13.9. The zero-order chi connectivity index (χ0) is 16.0. The summed E-state index contributed by atoms with van der Waals surface area (Å²) < 4.78 is 6.25. The van der Waals surface area contributed by atoms with Crippen LogP contribution < -0.4 is 4.74 Å². The maximum Gasteiger partial charge on any atom is 0.257 e. The second-order valence-corrected chi connectivity index (χ2v) is 7.12. The number of fused-ring (bicyclic) bond motifs is 2. The molecule has 2 saturated heterocycles. The van der Waals surface area contributed by atoms with E-state index in [0.29, 0.717) is 11.6 Å². The van der Waals surface area contributed by atoms with Gasteiger partial charge in [-0.15, -0.1) is 0 Å². The number of ether oxygens (including phenoxy) is 1. The topological polar surface area (TPSA) is 36.0 Å². The predicted molar refractivity (Wildman–Crippen MR) is 88.8 cm³/mol. The number of likely N-dealkylation sites (tertiary alicyclic amines) is 2. The van der Waals surface area contributed by atoms with E-state index < -0.39 is 0 Å². The highest BCUT2D eigenvalue weighted by atomic mass is 16.5. The largest absolute Gasteiger partial charge is 0.486 e. The van der Waals surface area contributed by atoms with Gasteiger partial charge in [0.15, 0.2) is 0 Å². The average molecular weight is 315 g/mol. The van der Waals surface area contributed by atoms with Crippen molar-refractivity contribution in [2.24, 2.45) is 0 Å². The SMILES string of the molecule is CN1CCC(N2CC3Oc4ccccc4C(=O)N(C)C3C2)CC1. The van der Waals surface area contributed by atoms with Crippen LogP contribution in [-0.4, -0.2) is 79.1 Å². The van der Waals surface area contributed by atoms with Gasteiger partial charge in [0.2, 0.25) is 0 Å². The number of rotatable bonds is 1. The molecule has 1 aromatic carbocycles. The smallest absolute Gasteiger partial charge is 0.257 e. The molecule has 0 bridgehead atoms. The summed E-state index contributed by atoms with van der Waals surface area (Å²) in [5, 5.41) is 0. The molecule has 4 rings (SSSR count). The van der Waals surface area contributed by atoms with E-state index >= 15 is 0 Å². The number of hydrogen-bond acceptors (Lipinski definition) is 4. The number of amides is 1. The van der Waals surface area contributed by atoms with Crippen molar-refractivity contribution in [2.75, 3.05) is 40.3 Å². The summed E-state index contributed by atoms with van der Waals surface area (Å²) in [6.07, 6.45) is 2.50. The number of carbonyl (C=O) groups is 1. The van der Waals surface area contributed by atoms with Gasteiger partial charge in [-0.25, -0.2) is 0 Å². The van der Waals surface area contributed by atoms with Crippen LogP contribution in [0.25, 0.3) is 0 Å². The number of likely N-dealkylation sites (N-methyl/N-ethyl adjacent to an activating group) is 1. The lowest BCUT2D eigenvalue weighted by molar-refractivity contribution is 0.0679. The van der Waals surface area contributed by atoms with Crippen molar-refractivity contribution < 1.29 is 9.53 Å². The first-order valence-corrected chi connectivity index (χ1v) is 8.59. The van der Waals surface area contributed by atoms with E-state index in [4.69, 9.17) is 4.74 Å². The fourth-order valence-electron chi connectivity index (χ4n) is 4.18. The highest BCUT2D eigenvalue weighted by molar-refractivity contribution is 5.97. The first-order chi connectivity index (χ1) is 11.1. The summed E-state index contributed by atoms with van der Waals surface area (Å²) in [6.45, 7) is 4.17. The molecule has 23 heavy (non-hydrogen) atoms. The van der Waals surface area contributed by atoms with Gasteiger partial charge in [0.1, 0.15) is 11.9 Å². The van der Waals surface area contributed by atoms with Gasteiger partial charge < -0.3 is 14.5 Å². The molecule has 1 amide bonds. The van der Waals surface area contributed by atoms with E-state index in [9.17, 15) is 4.79 Å². The number of piperidine rings is 1. The number of carbonyl (C=O) groups excluding carboxylic acids is 1. The van der Waals surface area contributed by atoms with Crippen molar-refractivity contribution in [1.29, 1.82) is 0 Å². The molecule has 5 heteroatoms. The molecular formula is C18H25N3O2. The van der Waals surface area contributed by atoms with E-state index in [-0.39, 0.29) is 18.1 Å². The van der Waals surface area contributed by atoms with Crippen LogP contribution in [0.4, 0.5) is 0 Å². The van der Waals surface area contributed by atoms with Crippen LogP contribution in [-0.2, 0) is 0 Å². The normalized spacial score (nSPS) is 29.8. The highest BCUT2D eigenvalue weighted by Crippen LogP contribution is 2.32. The molecule has 0 aliphatic carbocycles. The zero-order valence-corrected chi connectivity index (χ0v) is 13.9. The Morgan fingerprint density at radius 3 is 2.61 bits per heavy atom. The van der Waals surface area contributed by atoms with Gasteiger partial charge in [-0.05, 0) is 45.1 Å². The second-order valence-electron chi connectivity index (χ2n) is 7.12. The minimum Gasteiger partial charge on any atom is -0.486 e. The Labute approximate surface area is 137 Å². The van der Waals surface area contributed by atoms with Crippen LogP contribution in [0.1, 0.15) is 23.2 Å². The maximum absolute atomic E-state index is 12.7. The molecule has 0 aromatic heterocycles. The minimum atomic E-state index is 0.0762. The summed E-state index contributed by atoms with van der Waals surface area (Å²) in [4.78, 5) is 19.6. The predicted octanol–water partition coefficient (Wildman–Crippen LogP) is 1.30. The molecular weight excluding hydrogens is 290 g/mol. The number of para-hydroxylation sites is 1. The lowest BCUT2D eigenvalue weighted by atomic mass is 10.0. The third kappa shape index (κ3) is 2.62. The molecule has 3 aliphatic heterocycles.